The summed E-state index contributed by atoms with van der Waals surface area (Å²) in [6, 6.07) is 0. The van der Waals surface area contributed by atoms with E-state index in [-0.39, 0.29) is 0 Å². The number of alkyl halides is 11. The molecule has 32 heavy (non-hydrogen) atoms. The second-order valence-corrected chi connectivity index (χ2v) is 7.04. The molecule has 0 spiro atoms. The van der Waals surface area contributed by atoms with Gasteiger partial charge >= 0.3 is 51.6 Å². The fraction of sp³-hybridized carbons (Fsp3) is 0.667. The summed E-state index contributed by atoms with van der Waals surface area (Å²) in [5.74, 6) is -11.6. The highest BCUT2D eigenvalue weighted by molar-refractivity contribution is 7.86. The summed E-state index contributed by atoms with van der Waals surface area (Å²) in [7, 11) is -6.28. The molecule has 1 unspecified atom stereocenters. The van der Waals surface area contributed by atoms with Gasteiger partial charge in [-0.15, -0.1) is 0 Å². The molecule has 0 saturated carbocycles. The lowest BCUT2D eigenvalue weighted by Crippen LogP contribution is -2.62. The van der Waals surface area contributed by atoms with Crippen LogP contribution in [0.25, 0.3) is 0 Å². The average Bonchev–Trinajstić information content (AvgIpc) is 2.54. The smallest absolute Gasteiger partial charge is 0.412 e. The van der Waals surface area contributed by atoms with Gasteiger partial charge in [0.15, 0.2) is 0 Å². The van der Waals surface area contributed by atoms with Gasteiger partial charge in [-0.25, -0.2) is 4.79 Å². The molecule has 0 aromatic heterocycles. The van der Waals surface area contributed by atoms with E-state index in [2.05, 4.69) is 9.47 Å². The van der Waals surface area contributed by atoms with Crippen LogP contribution in [0.5, 0.6) is 0 Å². The zero-order valence-corrected chi connectivity index (χ0v) is 15.6. The molecular weight excluding hydrogens is 511 g/mol. The molecule has 2 N–H and O–H groups in total. The quantitative estimate of drug-likeness (QED) is 0.157. The second kappa shape index (κ2) is 9.33. The van der Waals surface area contributed by atoms with Crippen molar-refractivity contribution in [1.29, 1.82) is 0 Å². The number of hydrogen-bond acceptors (Lipinski definition) is 6. The standard InChI is InChI=1S/C12H10F11NO7S/c1-5(11(18,19)20)6(25)31-10(12(21,22)23,7(26)24-4-8(13,14)15)30-3-2-9(16,17)32(27,28)29/h1-4H2,(H,24,26)(H,27,28,29). The third-order valence-corrected chi connectivity index (χ3v) is 3.98. The van der Waals surface area contributed by atoms with Crippen molar-refractivity contribution in [2.45, 2.75) is 36.0 Å². The maximum atomic E-state index is 13.4. The molecule has 20 heteroatoms. The molecule has 188 valence electrons. The highest BCUT2D eigenvalue weighted by Gasteiger charge is 2.67. The molecule has 1 atom stereocenters. The van der Waals surface area contributed by atoms with Gasteiger partial charge in [0.25, 0.3) is 0 Å². The highest BCUT2D eigenvalue weighted by atomic mass is 32.2. The molecule has 0 aliphatic carbocycles. The van der Waals surface area contributed by atoms with Gasteiger partial charge in [-0.1, -0.05) is 6.58 Å². The largest absolute Gasteiger partial charge is 0.466 e. The maximum Gasteiger partial charge on any atom is 0.466 e. The molecule has 0 bridgehead atoms. The lowest BCUT2D eigenvalue weighted by Gasteiger charge is -2.33. The Morgan fingerprint density at radius 2 is 1.41 bits per heavy atom. The Labute approximate surface area is 170 Å². The summed E-state index contributed by atoms with van der Waals surface area (Å²) in [4.78, 5) is 23.1. The van der Waals surface area contributed by atoms with Gasteiger partial charge in [-0.2, -0.15) is 56.7 Å². The van der Waals surface area contributed by atoms with Crippen LogP contribution in [0.4, 0.5) is 48.3 Å². The van der Waals surface area contributed by atoms with Crippen molar-refractivity contribution < 1.29 is 80.3 Å². The van der Waals surface area contributed by atoms with Crippen LogP contribution in [-0.2, 0) is 29.2 Å². The van der Waals surface area contributed by atoms with Crippen LogP contribution in [0.2, 0.25) is 0 Å². The van der Waals surface area contributed by atoms with Crippen molar-refractivity contribution in [3.05, 3.63) is 12.2 Å². The summed E-state index contributed by atoms with van der Waals surface area (Å²) in [6.07, 6.45) is -20.1. The van der Waals surface area contributed by atoms with Gasteiger partial charge in [-0.3, -0.25) is 9.35 Å². The van der Waals surface area contributed by atoms with E-state index < -0.39 is 76.7 Å². The van der Waals surface area contributed by atoms with Crippen LogP contribution in [-0.4, -0.2) is 67.6 Å². The molecule has 0 fully saturated rings. The first-order chi connectivity index (χ1) is 13.9. The van der Waals surface area contributed by atoms with Gasteiger partial charge in [0, 0.05) is 0 Å². The van der Waals surface area contributed by atoms with Crippen LogP contribution in [0.3, 0.4) is 0 Å². The molecule has 0 aliphatic rings. The molecular formula is C12H10F11NO7S. The number of hydrogen-bond donors (Lipinski definition) is 2. The minimum atomic E-state index is -6.50. The summed E-state index contributed by atoms with van der Waals surface area (Å²) in [5.41, 5.74) is -2.71. The maximum absolute atomic E-state index is 13.4. The van der Waals surface area contributed by atoms with E-state index in [1.807, 2.05) is 6.58 Å². The molecule has 0 heterocycles. The Kier molecular flexibility index (Phi) is 8.69. The second-order valence-electron chi connectivity index (χ2n) is 5.49. The summed E-state index contributed by atoms with van der Waals surface area (Å²) in [5, 5.41) is -4.76. The number of carbonyl (C=O) groups excluding carboxylic acids is 2. The Hall–Kier alpha value is -2.22. The molecule has 0 saturated heterocycles. The number of carbonyl (C=O) groups is 2. The first kappa shape index (κ1) is 29.8. The monoisotopic (exact) mass is 521 g/mol. The van der Waals surface area contributed by atoms with Crippen molar-refractivity contribution in [2.24, 2.45) is 0 Å². The zero-order valence-electron chi connectivity index (χ0n) is 14.8. The van der Waals surface area contributed by atoms with E-state index in [4.69, 9.17) is 4.55 Å². The van der Waals surface area contributed by atoms with Crippen LogP contribution in [0, 0.1) is 0 Å². The lowest BCUT2D eigenvalue weighted by molar-refractivity contribution is -0.349. The summed E-state index contributed by atoms with van der Waals surface area (Å²) in [6.45, 7) is -2.85. The molecule has 0 aromatic carbocycles. The van der Waals surface area contributed by atoms with Crippen LogP contribution >= 0.6 is 0 Å². The Morgan fingerprint density at radius 1 is 0.938 bits per heavy atom. The predicted octanol–water partition coefficient (Wildman–Crippen LogP) is 2.47. The number of rotatable bonds is 9. The minimum Gasteiger partial charge on any atom is -0.412 e. The first-order valence-corrected chi connectivity index (χ1v) is 8.71. The van der Waals surface area contributed by atoms with Gasteiger partial charge in [0.05, 0.1) is 13.0 Å². The van der Waals surface area contributed by atoms with E-state index in [0.29, 0.717) is 5.32 Å². The van der Waals surface area contributed by atoms with Gasteiger partial charge in [-0.05, 0) is 0 Å². The van der Waals surface area contributed by atoms with Crippen molar-refractivity contribution >= 4 is 22.0 Å². The van der Waals surface area contributed by atoms with Crippen LogP contribution in [0.15, 0.2) is 12.2 Å². The van der Waals surface area contributed by atoms with Crippen molar-refractivity contribution in [3.8, 4) is 0 Å². The third-order valence-electron chi connectivity index (χ3n) is 3.02. The highest BCUT2D eigenvalue weighted by Crippen LogP contribution is 2.38. The average molecular weight is 521 g/mol. The SMILES string of the molecule is C=C(C(=O)OC(OCCC(F)(F)S(=O)(=O)O)(C(=O)NCC(F)(F)F)C(F)(F)F)C(F)(F)F. The minimum absolute atomic E-state index is 0.479. The lowest BCUT2D eigenvalue weighted by atomic mass is 10.2. The fourth-order valence-corrected chi connectivity index (χ4v) is 1.80. The fourth-order valence-electron chi connectivity index (χ4n) is 1.46. The van der Waals surface area contributed by atoms with E-state index in [1.165, 1.54) is 0 Å². The molecule has 0 aromatic rings. The molecule has 8 nitrogen and oxygen atoms in total. The number of amides is 1. The van der Waals surface area contributed by atoms with Gasteiger partial charge in [0.2, 0.25) is 0 Å². The van der Waals surface area contributed by atoms with Crippen molar-refractivity contribution in [3.63, 3.8) is 0 Å². The molecule has 0 radical (unpaired) electrons. The summed E-state index contributed by atoms with van der Waals surface area (Å²) >= 11 is 0. The molecule has 0 rings (SSSR count). The van der Waals surface area contributed by atoms with Crippen LogP contribution in [0.1, 0.15) is 6.42 Å². The van der Waals surface area contributed by atoms with Crippen molar-refractivity contribution in [2.75, 3.05) is 13.2 Å². The number of ether oxygens (including phenoxy) is 2. The summed E-state index contributed by atoms with van der Waals surface area (Å²) < 4.78 is 176. The Morgan fingerprint density at radius 3 is 1.75 bits per heavy atom. The number of halogens is 11. The van der Waals surface area contributed by atoms with E-state index in [0.717, 1.165) is 0 Å². The topological polar surface area (TPSA) is 119 Å². The van der Waals surface area contributed by atoms with Gasteiger partial charge < -0.3 is 14.8 Å². The third kappa shape index (κ3) is 7.73. The normalized spacial score (nSPS) is 15.6. The van der Waals surface area contributed by atoms with E-state index in [1.54, 1.807) is 0 Å². The number of esters is 1. The van der Waals surface area contributed by atoms with Crippen molar-refractivity contribution in [1.82, 2.24) is 5.32 Å². The Bertz CT molecular complexity index is 832. The molecule has 1 amide bonds. The molecule has 0 aliphatic heterocycles. The Balaban J connectivity index is 6.20. The van der Waals surface area contributed by atoms with Gasteiger partial charge in [0.1, 0.15) is 12.1 Å². The van der Waals surface area contributed by atoms with E-state index in [9.17, 15) is 66.3 Å². The first-order valence-electron chi connectivity index (χ1n) is 7.27. The van der Waals surface area contributed by atoms with Crippen LogP contribution < -0.4 is 5.32 Å². The zero-order chi connectivity index (χ0) is 26.0. The number of nitrogens with one attached hydrogen (secondary N) is 1. The predicted molar refractivity (Wildman–Crippen MR) is 76.2 cm³/mol. The van der Waals surface area contributed by atoms with E-state index >= 15 is 0 Å².